The van der Waals surface area contributed by atoms with Gasteiger partial charge in [0.05, 0.1) is 11.3 Å². The summed E-state index contributed by atoms with van der Waals surface area (Å²) in [5, 5.41) is 13.2. The van der Waals surface area contributed by atoms with Gasteiger partial charge in [-0.1, -0.05) is 108 Å². The van der Waals surface area contributed by atoms with Crippen molar-refractivity contribution in [3.63, 3.8) is 0 Å². The molecule has 0 aliphatic heterocycles. The smallest absolute Gasteiger partial charge is 0.162 e. The molecule has 6 aromatic rings. The number of ketones is 1. The van der Waals surface area contributed by atoms with Gasteiger partial charge in [-0.2, -0.15) is 0 Å². The maximum Gasteiger partial charge on any atom is 0.162 e. The number of hydrogen-bond acceptors (Lipinski definition) is 5. The summed E-state index contributed by atoms with van der Waals surface area (Å²) < 4.78 is 2.40. The number of benzene rings is 4. The first kappa shape index (κ1) is 41.1. The van der Waals surface area contributed by atoms with Crippen molar-refractivity contribution >= 4 is 48.2 Å². The summed E-state index contributed by atoms with van der Waals surface area (Å²) in [7, 11) is 0. The molecule has 2 heterocycles. The van der Waals surface area contributed by atoms with Crippen LogP contribution in [-0.4, -0.2) is 20.9 Å². The van der Waals surface area contributed by atoms with Crippen molar-refractivity contribution in [3.8, 4) is 22.4 Å². The quantitative estimate of drug-likeness (QED) is 0.0845. The number of fused-ring (bicyclic) bond motifs is 4. The van der Waals surface area contributed by atoms with E-state index in [2.05, 4.69) is 107 Å². The monoisotopic (exact) mass is 890 g/mol. The number of aliphatic hydroxyl groups is 1. The largest absolute Gasteiger partial charge is 0.512 e. The molecule has 0 amide bonds. The first-order chi connectivity index (χ1) is 24.4. The number of carbonyl (C=O) groups is 1. The van der Waals surface area contributed by atoms with Gasteiger partial charge in [0.2, 0.25) is 0 Å². The van der Waals surface area contributed by atoms with Crippen LogP contribution >= 0.6 is 11.3 Å². The van der Waals surface area contributed by atoms with Gasteiger partial charge < -0.3 is 5.11 Å². The molecule has 1 N–H and O–H groups in total. The third-order valence-electron chi connectivity index (χ3n) is 9.98. The molecule has 0 bridgehead atoms. The molecular weight excluding hydrogens is 837 g/mol. The van der Waals surface area contributed by atoms with E-state index in [0.717, 1.165) is 59.0 Å². The zero-order valence-electron chi connectivity index (χ0n) is 32.2. The molecule has 0 spiro atoms. The summed E-state index contributed by atoms with van der Waals surface area (Å²) in [5.41, 5.74) is 9.89. The molecule has 1 radical (unpaired) electrons. The van der Waals surface area contributed by atoms with Gasteiger partial charge in [0.15, 0.2) is 5.78 Å². The van der Waals surface area contributed by atoms with Crippen LogP contribution in [-0.2, 0) is 31.3 Å². The molecule has 4 nitrogen and oxygen atoms in total. The number of aliphatic hydroxyl groups excluding tert-OH is 1. The minimum atomic E-state index is 0. The van der Waals surface area contributed by atoms with E-state index in [0.29, 0.717) is 0 Å². The Balaban J connectivity index is 0.000000323. The molecule has 2 aromatic heterocycles. The number of carbonyl (C=O) groups excluding carboxylic acids is 1. The minimum Gasteiger partial charge on any atom is -0.512 e. The van der Waals surface area contributed by atoms with Crippen molar-refractivity contribution in [3.05, 3.63) is 108 Å². The summed E-state index contributed by atoms with van der Waals surface area (Å²) in [6.07, 6.45) is 7.67. The van der Waals surface area contributed by atoms with Crippen molar-refractivity contribution in [1.29, 1.82) is 0 Å². The van der Waals surface area contributed by atoms with E-state index in [-0.39, 0.29) is 48.9 Å². The molecule has 0 fully saturated rings. The molecule has 275 valence electrons. The Labute approximate surface area is 328 Å². The molecule has 0 saturated heterocycles. The third kappa shape index (κ3) is 9.26. The summed E-state index contributed by atoms with van der Waals surface area (Å²) in [4.78, 5) is 21.1. The van der Waals surface area contributed by atoms with Crippen molar-refractivity contribution in [2.24, 2.45) is 17.3 Å². The molecule has 6 heteroatoms. The van der Waals surface area contributed by atoms with E-state index in [4.69, 9.17) is 9.97 Å². The number of thiophene rings is 1. The molecule has 0 unspecified atom stereocenters. The predicted molar refractivity (Wildman–Crippen MR) is 219 cm³/mol. The SMILES string of the molecule is CCC(CC)C(=O)/C=C(\O)C(CC)CC.Cc1cc(CC(C)(C)C)ccc1-c1ccc2c(sc3c(-c4[c-]c5ccccc5cc4)ncnc32)c1C.[Ir]. The fraction of sp³-hybridized carbons (Fsp3) is 0.370. The van der Waals surface area contributed by atoms with Crippen LogP contribution in [0.15, 0.2) is 84.9 Å². The van der Waals surface area contributed by atoms with Gasteiger partial charge in [-0.05, 0) is 79.2 Å². The van der Waals surface area contributed by atoms with Crippen LogP contribution in [0.3, 0.4) is 0 Å². The van der Waals surface area contributed by atoms with Gasteiger partial charge in [-0.3, -0.25) is 9.78 Å². The van der Waals surface area contributed by atoms with Gasteiger partial charge in [0.1, 0.15) is 6.33 Å². The number of aryl methyl sites for hydroxylation is 2. The average Bonchev–Trinajstić information content (AvgIpc) is 3.49. The van der Waals surface area contributed by atoms with E-state index in [9.17, 15) is 9.90 Å². The number of aromatic nitrogens is 2. The topological polar surface area (TPSA) is 63.1 Å². The Morgan fingerprint density at radius 2 is 1.52 bits per heavy atom. The van der Waals surface area contributed by atoms with Crippen LogP contribution in [0.2, 0.25) is 0 Å². The second-order valence-corrected chi connectivity index (χ2v) is 16.0. The van der Waals surface area contributed by atoms with E-state index in [1.807, 2.05) is 27.7 Å². The molecule has 52 heavy (non-hydrogen) atoms. The Hall–Kier alpha value is -3.70. The summed E-state index contributed by atoms with van der Waals surface area (Å²) >= 11 is 1.80. The fourth-order valence-corrected chi connectivity index (χ4v) is 8.30. The second-order valence-electron chi connectivity index (χ2n) is 15.0. The van der Waals surface area contributed by atoms with Crippen LogP contribution < -0.4 is 0 Å². The number of hydrogen-bond donors (Lipinski definition) is 1. The van der Waals surface area contributed by atoms with Gasteiger partial charge in [0, 0.05) is 58.5 Å². The van der Waals surface area contributed by atoms with Crippen LogP contribution in [0.25, 0.3) is 53.5 Å². The number of allylic oxidation sites excluding steroid dienone is 2. The van der Waals surface area contributed by atoms with Gasteiger partial charge >= 0.3 is 0 Å². The summed E-state index contributed by atoms with van der Waals surface area (Å²) in [6, 6.07) is 27.6. The van der Waals surface area contributed by atoms with Crippen LogP contribution in [0.1, 0.15) is 90.8 Å². The van der Waals surface area contributed by atoms with Crippen LogP contribution in [0.5, 0.6) is 0 Å². The molecule has 0 aliphatic rings. The Bertz CT molecular complexity index is 2190. The van der Waals surface area contributed by atoms with E-state index in [1.54, 1.807) is 17.7 Å². The third-order valence-corrected chi connectivity index (χ3v) is 11.3. The maximum atomic E-state index is 11.7. The minimum absolute atomic E-state index is 0. The summed E-state index contributed by atoms with van der Waals surface area (Å²) in [5.74, 6) is 0.547. The van der Waals surface area contributed by atoms with Gasteiger partial charge in [0.25, 0.3) is 0 Å². The Morgan fingerprint density at radius 1 is 0.846 bits per heavy atom. The fourth-order valence-electron chi connectivity index (χ4n) is 7.04. The maximum absolute atomic E-state index is 11.7. The van der Waals surface area contributed by atoms with E-state index < -0.39 is 0 Å². The molecule has 0 atom stereocenters. The zero-order valence-corrected chi connectivity index (χ0v) is 35.4. The molecule has 0 saturated carbocycles. The number of nitrogens with zero attached hydrogens (tertiary/aromatic N) is 2. The molecular formula is C46H53IrN2O2S-. The molecule has 4 aromatic carbocycles. The van der Waals surface area contributed by atoms with Crippen molar-refractivity contribution in [2.45, 2.75) is 94.4 Å². The van der Waals surface area contributed by atoms with Gasteiger partial charge in [-0.25, -0.2) is 4.98 Å². The zero-order chi connectivity index (χ0) is 36.9. The van der Waals surface area contributed by atoms with Crippen LogP contribution in [0.4, 0.5) is 0 Å². The van der Waals surface area contributed by atoms with Crippen molar-refractivity contribution in [2.75, 3.05) is 0 Å². The second kappa shape index (κ2) is 17.9. The standard InChI is InChI=1S/C33H29N2S.C13H24O2.Ir/c1-20-16-22(18-33(3,4)5)10-13-26(20)27-14-15-28-30-32(36-31(28)21(27)2)29(34-19-35-30)25-12-11-23-8-6-7-9-24(23)17-25;1-5-10(6-2)12(14)9-13(15)11(7-3)8-4;/h6-16,19H,18H2,1-5H3;9-11,14H,5-8H2,1-4H3;/q-1;;/b;12-9-;. The van der Waals surface area contributed by atoms with E-state index >= 15 is 0 Å². The van der Waals surface area contributed by atoms with Gasteiger partial charge in [-0.15, -0.1) is 41.0 Å². The first-order valence-electron chi connectivity index (χ1n) is 18.5. The van der Waals surface area contributed by atoms with E-state index in [1.165, 1.54) is 49.4 Å². The first-order valence-corrected chi connectivity index (χ1v) is 19.3. The molecule has 6 rings (SSSR count). The van der Waals surface area contributed by atoms with Crippen molar-refractivity contribution < 1.29 is 30.0 Å². The van der Waals surface area contributed by atoms with Crippen molar-refractivity contribution in [1.82, 2.24) is 9.97 Å². The molecule has 0 aliphatic carbocycles. The Morgan fingerprint density at radius 3 is 2.17 bits per heavy atom. The van der Waals surface area contributed by atoms with Crippen LogP contribution in [0, 0.1) is 37.2 Å². The predicted octanol–water partition coefficient (Wildman–Crippen LogP) is 13.2. The average molecular weight is 890 g/mol. The number of rotatable bonds is 10. The normalized spacial score (nSPS) is 12.0. The Kier molecular flexibility index (Phi) is 14.1. The summed E-state index contributed by atoms with van der Waals surface area (Å²) in [6.45, 7) is 19.4.